The highest BCUT2D eigenvalue weighted by atomic mass is 32.2. The van der Waals surface area contributed by atoms with Crippen LogP contribution in [-0.2, 0) is 9.59 Å². The topological polar surface area (TPSA) is 49.4 Å². The molecule has 19 heavy (non-hydrogen) atoms. The fourth-order valence-corrected chi connectivity index (χ4v) is 2.97. The molecule has 1 fully saturated rings. The molecule has 1 aromatic carbocycles. The molecule has 4 nitrogen and oxygen atoms in total. The number of carbonyl (C=O) groups excluding carboxylic acids is 2. The molecule has 0 saturated carbocycles. The fraction of sp³-hybridized carbons (Fsp3) is 0.429. The maximum atomic E-state index is 12.2. The number of hydrogen-bond acceptors (Lipinski definition) is 3. The van der Waals surface area contributed by atoms with Crippen molar-refractivity contribution in [1.82, 2.24) is 10.2 Å². The lowest BCUT2D eigenvalue weighted by molar-refractivity contribution is -0.141. The van der Waals surface area contributed by atoms with Crippen molar-refractivity contribution in [2.75, 3.05) is 18.8 Å². The van der Waals surface area contributed by atoms with Crippen LogP contribution in [0.5, 0.6) is 0 Å². The molecule has 1 heterocycles. The Bertz CT molecular complexity index is 450. The van der Waals surface area contributed by atoms with Gasteiger partial charge in [0.1, 0.15) is 6.04 Å². The zero-order valence-corrected chi connectivity index (χ0v) is 11.8. The average Bonchev–Trinajstić information content (AvgIpc) is 2.45. The molecule has 1 N–H and O–H groups in total. The lowest BCUT2D eigenvalue weighted by atomic mass is 10.1. The first kappa shape index (κ1) is 13.9. The molecule has 102 valence electrons. The predicted molar refractivity (Wildman–Crippen MR) is 76.0 cm³/mol. The van der Waals surface area contributed by atoms with Gasteiger partial charge in [-0.2, -0.15) is 0 Å². The summed E-state index contributed by atoms with van der Waals surface area (Å²) in [5.41, 5.74) is 0. The molecule has 0 unspecified atom stereocenters. The number of carbonyl (C=O) groups is 2. The highest BCUT2D eigenvalue weighted by molar-refractivity contribution is 8.00. The summed E-state index contributed by atoms with van der Waals surface area (Å²) in [6.07, 6.45) is 0.660. The van der Waals surface area contributed by atoms with Gasteiger partial charge in [0.15, 0.2) is 0 Å². The van der Waals surface area contributed by atoms with Gasteiger partial charge in [-0.05, 0) is 18.6 Å². The Hall–Kier alpha value is -1.49. The molecular weight excluding hydrogens is 260 g/mol. The molecular formula is C14H18N2O2S. The Balaban J connectivity index is 1.93. The molecule has 1 atom stereocenters. The van der Waals surface area contributed by atoms with E-state index in [9.17, 15) is 9.59 Å². The number of thioether (sulfide) groups is 1. The molecule has 2 amide bonds. The predicted octanol–water partition coefficient (Wildman–Crippen LogP) is 1.52. The molecule has 1 aliphatic rings. The molecule has 1 aromatic rings. The zero-order chi connectivity index (χ0) is 13.7. The van der Waals surface area contributed by atoms with Gasteiger partial charge < -0.3 is 10.2 Å². The number of nitrogens with zero attached hydrogens (tertiary/aromatic N) is 1. The van der Waals surface area contributed by atoms with Crippen LogP contribution in [-0.4, -0.2) is 41.6 Å². The summed E-state index contributed by atoms with van der Waals surface area (Å²) in [6.45, 7) is 3.09. The van der Waals surface area contributed by atoms with E-state index in [1.807, 2.05) is 37.3 Å². The molecule has 2 rings (SSSR count). The summed E-state index contributed by atoms with van der Waals surface area (Å²) >= 11 is 1.51. The van der Waals surface area contributed by atoms with Crippen molar-refractivity contribution >= 4 is 23.6 Å². The number of amides is 2. The number of hydrogen-bond donors (Lipinski definition) is 1. The van der Waals surface area contributed by atoms with E-state index >= 15 is 0 Å². The Morgan fingerprint density at radius 1 is 1.42 bits per heavy atom. The Labute approximate surface area is 117 Å². The van der Waals surface area contributed by atoms with Crippen molar-refractivity contribution in [1.29, 1.82) is 0 Å². The second-order valence-corrected chi connectivity index (χ2v) is 5.45. The van der Waals surface area contributed by atoms with Crippen molar-refractivity contribution in [3.05, 3.63) is 30.3 Å². The number of rotatable bonds is 4. The minimum Gasteiger partial charge on any atom is -0.353 e. The van der Waals surface area contributed by atoms with Crippen LogP contribution in [0.15, 0.2) is 35.2 Å². The Morgan fingerprint density at radius 3 is 2.84 bits per heavy atom. The van der Waals surface area contributed by atoms with Gasteiger partial charge in [-0.1, -0.05) is 25.1 Å². The number of benzene rings is 1. The van der Waals surface area contributed by atoms with Gasteiger partial charge in [-0.15, -0.1) is 11.8 Å². The molecule has 1 saturated heterocycles. The lowest BCUT2D eigenvalue weighted by Gasteiger charge is -2.34. The van der Waals surface area contributed by atoms with E-state index in [2.05, 4.69) is 5.32 Å². The van der Waals surface area contributed by atoms with Crippen LogP contribution >= 0.6 is 11.8 Å². The third kappa shape index (κ3) is 3.50. The summed E-state index contributed by atoms with van der Waals surface area (Å²) in [5.74, 6) is 0.385. The van der Waals surface area contributed by atoms with Crippen LogP contribution in [0, 0.1) is 0 Å². The lowest BCUT2D eigenvalue weighted by Crippen LogP contribution is -2.57. The van der Waals surface area contributed by atoms with E-state index < -0.39 is 0 Å². The fourth-order valence-electron chi connectivity index (χ4n) is 2.16. The highest BCUT2D eigenvalue weighted by Gasteiger charge is 2.31. The van der Waals surface area contributed by atoms with Crippen LogP contribution in [0.25, 0.3) is 0 Å². The summed E-state index contributed by atoms with van der Waals surface area (Å²) in [5, 5.41) is 2.80. The largest absolute Gasteiger partial charge is 0.353 e. The first-order valence-corrected chi connectivity index (χ1v) is 7.46. The molecule has 0 spiro atoms. The van der Waals surface area contributed by atoms with E-state index in [1.165, 1.54) is 11.8 Å². The van der Waals surface area contributed by atoms with Crippen molar-refractivity contribution in [2.45, 2.75) is 24.3 Å². The molecule has 0 radical (unpaired) electrons. The maximum Gasteiger partial charge on any atom is 0.242 e. The third-order valence-corrected chi connectivity index (χ3v) is 4.14. The molecule has 5 heteroatoms. The number of nitrogens with one attached hydrogen (secondary N) is 1. The second kappa shape index (κ2) is 6.61. The number of piperazine rings is 1. The van der Waals surface area contributed by atoms with Gasteiger partial charge in [0.25, 0.3) is 0 Å². The molecule has 0 aliphatic carbocycles. The minimum absolute atomic E-state index is 0.0354. The van der Waals surface area contributed by atoms with Crippen molar-refractivity contribution in [3.8, 4) is 0 Å². The van der Waals surface area contributed by atoms with Gasteiger partial charge in [0.2, 0.25) is 11.8 Å². The smallest absolute Gasteiger partial charge is 0.242 e. The summed E-state index contributed by atoms with van der Waals surface area (Å²) in [6, 6.07) is 9.52. The zero-order valence-electron chi connectivity index (χ0n) is 11.0. The standard InChI is InChI=1S/C14H18N2O2S/c1-2-12-14(18)15-8-9-16(12)13(17)10-19-11-6-4-3-5-7-11/h3-7,12H,2,8-10H2,1H3,(H,15,18)/t12-/m0/s1. The molecule has 0 aromatic heterocycles. The van der Waals surface area contributed by atoms with E-state index in [-0.39, 0.29) is 17.9 Å². The second-order valence-electron chi connectivity index (χ2n) is 4.40. The van der Waals surface area contributed by atoms with Crippen LogP contribution in [0.4, 0.5) is 0 Å². The summed E-state index contributed by atoms with van der Waals surface area (Å²) in [4.78, 5) is 26.7. The first-order chi connectivity index (χ1) is 9.22. The summed E-state index contributed by atoms with van der Waals surface area (Å²) in [7, 11) is 0. The van der Waals surface area contributed by atoms with Crippen molar-refractivity contribution in [2.24, 2.45) is 0 Å². The normalized spacial score (nSPS) is 19.1. The van der Waals surface area contributed by atoms with Crippen molar-refractivity contribution in [3.63, 3.8) is 0 Å². The Kier molecular flexibility index (Phi) is 4.85. The van der Waals surface area contributed by atoms with Gasteiger partial charge in [0.05, 0.1) is 5.75 Å². The average molecular weight is 278 g/mol. The van der Waals surface area contributed by atoms with Crippen molar-refractivity contribution < 1.29 is 9.59 Å². The third-order valence-electron chi connectivity index (χ3n) is 3.14. The maximum absolute atomic E-state index is 12.2. The van der Waals surface area contributed by atoms with Crippen LogP contribution < -0.4 is 5.32 Å². The quantitative estimate of drug-likeness (QED) is 0.850. The molecule has 1 aliphatic heterocycles. The van der Waals surface area contributed by atoms with Crippen LogP contribution in [0.1, 0.15) is 13.3 Å². The monoisotopic (exact) mass is 278 g/mol. The first-order valence-electron chi connectivity index (χ1n) is 6.47. The van der Waals surface area contributed by atoms with Gasteiger partial charge >= 0.3 is 0 Å². The minimum atomic E-state index is -0.308. The SMILES string of the molecule is CC[C@H]1C(=O)NCCN1C(=O)CSc1ccccc1. The summed E-state index contributed by atoms with van der Waals surface area (Å²) < 4.78 is 0. The highest BCUT2D eigenvalue weighted by Crippen LogP contribution is 2.19. The van der Waals surface area contributed by atoms with Gasteiger partial charge in [0, 0.05) is 18.0 Å². The Morgan fingerprint density at radius 2 is 2.16 bits per heavy atom. The van der Waals surface area contributed by atoms with E-state index in [0.29, 0.717) is 25.3 Å². The van der Waals surface area contributed by atoms with Crippen LogP contribution in [0.2, 0.25) is 0 Å². The van der Waals surface area contributed by atoms with E-state index in [4.69, 9.17) is 0 Å². The van der Waals surface area contributed by atoms with Gasteiger partial charge in [-0.25, -0.2) is 0 Å². The van der Waals surface area contributed by atoms with E-state index in [0.717, 1.165) is 4.90 Å². The van der Waals surface area contributed by atoms with E-state index in [1.54, 1.807) is 4.90 Å². The molecule has 0 bridgehead atoms. The van der Waals surface area contributed by atoms with Gasteiger partial charge in [-0.3, -0.25) is 9.59 Å². The van der Waals surface area contributed by atoms with Crippen LogP contribution in [0.3, 0.4) is 0 Å².